The Balaban J connectivity index is 0.00000225. The molecule has 1 aromatic heterocycles. The van der Waals surface area contributed by atoms with Gasteiger partial charge < -0.3 is 10.2 Å². The lowest BCUT2D eigenvalue weighted by Crippen LogP contribution is -2.34. The van der Waals surface area contributed by atoms with Crippen LogP contribution in [-0.4, -0.2) is 30.9 Å². The summed E-state index contributed by atoms with van der Waals surface area (Å²) in [7, 11) is 3.72. The van der Waals surface area contributed by atoms with Gasteiger partial charge in [-0.25, -0.2) is 0 Å². The van der Waals surface area contributed by atoms with Crippen molar-refractivity contribution in [3.05, 3.63) is 17.0 Å². The van der Waals surface area contributed by atoms with Crippen molar-refractivity contribution in [3.8, 4) is 0 Å². The van der Waals surface area contributed by atoms with Crippen LogP contribution in [0.15, 0.2) is 12.1 Å². The number of carbonyl (C=O) groups is 1. The van der Waals surface area contributed by atoms with Gasteiger partial charge in [0.1, 0.15) is 0 Å². The summed E-state index contributed by atoms with van der Waals surface area (Å²) in [5.74, 6) is 0.107. The average molecular weight is 263 g/mol. The van der Waals surface area contributed by atoms with Gasteiger partial charge in [-0.1, -0.05) is 6.92 Å². The molecule has 0 saturated carbocycles. The molecule has 0 aliphatic rings. The maximum absolute atomic E-state index is 12.0. The van der Waals surface area contributed by atoms with E-state index in [1.165, 1.54) is 11.3 Å². The molecule has 0 spiro atoms. The first-order valence-corrected chi connectivity index (χ1v) is 5.96. The van der Waals surface area contributed by atoms with Crippen LogP contribution in [0.3, 0.4) is 0 Å². The molecule has 0 radical (unpaired) electrons. The Bertz CT molecular complexity index is 340. The van der Waals surface area contributed by atoms with Crippen LogP contribution in [0.2, 0.25) is 0 Å². The average Bonchev–Trinajstić information content (AvgIpc) is 2.74. The number of carbonyl (C=O) groups excluding carboxylic acids is 1. The fraction of sp³-hybridized carbons (Fsp3) is 0.545. The van der Waals surface area contributed by atoms with E-state index in [1.54, 1.807) is 4.90 Å². The summed E-state index contributed by atoms with van der Waals surface area (Å²) in [6, 6.07) is 4.10. The molecule has 1 amide bonds. The van der Waals surface area contributed by atoms with Crippen molar-refractivity contribution in [1.82, 2.24) is 4.90 Å². The van der Waals surface area contributed by atoms with Crippen LogP contribution in [0.1, 0.15) is 29.9 Å². The second kappa shape index (κ2) is 6.76. The molecule has 0 fully saturated rings. The quantitative estimate of drug-likeness (QED) is 0.905. The van der Waals surface area contributed by atoms with E-state index in [-0.39, 0.29) is 24.4 Å². The third-order valence-electron chi connectivity index (χ3n) is 2.64. The number of anilines is 1. The summed E-state index contributed by atoms with van der Waals surface area (Å²) in [5.41, 5.74) is 0. The van der Waals surface area contributed by atoms with Crippen molar-refractivity contribution in [3.63, 3.8) is 0 Å². The van der Waals surface area contributed by atoms with Crippen LogP contribution in [0.5, 0.6) is 0 Å². The van der Waals surface area contributed by atoms with Crippen molar-refractivity contribution in [2.45, 2.75) is 26.3 Å². The van der Waals surface area contributed by atoms with Crippen LogP contribution >= 0.6 is 23.7 Å². The second-order valence-corrected chi connectivity index (χ2v) is 4.67. The van der Waals surface area contributed by atoms with Crippen molar-refractivity contribution >= 4 is 34.7 Å². The number of hydrogen-bond acceptors (Lipinski definition) is 3. The van der Waals surface area contributed by atoms with E-state index in [0.29, 0.717) is 0 Å². The molecule has 16 heavy (non-hydrogen) atoms. The number of nitrogens with one attached hydrogen (secondary N) is 1. The zero-order valence-electron chi connectivity index (χ0n) is 10.1. The molecule has 1 atom stereocenters. The van der Waals surface area contributed by atoms with Crippen LogP contribution in [0.25, 0.3) is 0 Å². The Kier molecular flexibility index (Phi) is 6.45. The number of hydrogen-bond donors (Lipinski definition) is 1. The number of nitrogens with zero attached hydrogens (tertiary/aromatic N) is 1. The van der Waals surface area contributed by atoms with E-state index >= 15 is 0 Å². The van der Waals surface area contributed by atoms with E-state index in [9.17, 15) is 4.79 Å². The lowest BCUT2D eigenvalue weighted by Gasteiger charge is -2.22. The summed E-state index contributed by atoms with van der Waals surface area (Å²) in [4.78, 5) is 14.6. The van der Waals surface area contributed by atoms with Gasteiger partial charge in [0.05, 0.1) is 9.88 Å². The van der Waals surface area contributed by atoms with Gasteiger partial charge in [0.15, 0.2) is 0 Å². The first-order chi connectivity index (χ1) is 7.10. The first-order valence-electron chi connectivity index (χ1n) is 5.14. The molecular weight excluding hydrogens is 244 g/mol. The molecule has 5 heteroatoms. The zero-order chi connectivity index (χ0) is 11.4. The number of rotatable bonds is 4. The van der Waals surface area contributed by atoms with E-state index in [2.05, 4.69) is 19.2 Å². The normalized spacial score (nSPS) is 11.5. The Hall–Kier alpha value is -0.740. The minimum Gasteiger partial charge on any atom is -0.380 e. The molecule has 1 unspecified atom stereocenters. The molecule has 1 heterocycles. The largest absolute Gasteiger partial charge is 0.380 e. The summed E-state index contributed by atoms with van der Waals surface area (Å²) in [6.45, 7) is 4.15. The van der Waals surface area contributed by atoms with Crippen LogP contribution < -0.4 is 5.32 Å². The van der Waals surface area contributed by atoms with E-state index in [4.69, 9.17) is 0 Å². The second-order valence-electron chi connectivity index (χ2n) is 3.59. The molecule has 0 aliphatic carbocycles. The standard InChI is InChI=1S/C11H18N2OS.ClH/c1-5-8(2)13(4)11(14)9-6-7-10(12-3)15-9;/h6-8,12H,5H2,1-4H3;1H. The van der Waals surface area contributed by atoms with Crippen molar-refractivity contribution in [2.24, 2.45) is 0 Å². The molecule has 0 aliphatic heterocycles. The predicted octanol–water partition coefficient (Wildman–Crippen LogP) is 3.08. The Morgan fingerprint density at radius 1 is 1.56 bits per heavy atom. The molecule has 0 saturated heterocycles. The van der Waals surface area contributed by atoms with Gasteiger partial charge in [0.2, 0.25) is 0 Å². The van der Waals surface area contributed by atoms with Gasteiger partial charge in [-0.2, -0.15) is 0 Å². The van der Waals surface area contributed by atoms with Crippen molar-refractivity contribution in [1.29, 1.82) is 0 Å². The van der Waals surface area contributed by atoms with Crippen molar-refractivity contribution < 1.29 is 4.79 Å². The molecule has 0 bridgehead atoms. The van der Waals surface area contributed by atoms with E-state index in [1.807, 2.05) is 26.2 Å². The van der Waals surface area contributed by atoms with E-state index < -0.39 is 0 Å². The molecule has 1 N–H and O–H groups in total. The summed E-state index contributed by atoms with van der Waals surface area (Å²) >= 11 is 1.49. The van der Waals surface area contributed by atoms with Crippen molar-refractivity contribution in [2.75, 3.05) is 19.4 Å². The molecule has 3 nitrogen and oxygen atoms in total. The van der Waals surface area contributed by atoms with Gasteiger partial charge in [-0.05, 0) is 25.5 Å². The summed E-state index contributed by atoms with van der Waals surface area (Å²) < 4.78 is 0. The maximum atomic E-state index is 12.0. The van der Waals surface area contributed by atoms with Gasteiger partial charge in [0.25, 0.3) is 5.91 Å². The lowest BCUT2D eigenvalue weighted by molar-refractivity contribution is 0.0745. The zero-order valence-corrected chi connectivity index (χ0v) is 11.7. The maximum Gasteiger partial charge on any atom is 0.263 e. The van der Waals surface area contributed by atoms with Crippen LogP contribution in [-0.2, 0) is 0 Å². The highest BCUT2D eigenvalue weighted by Gasteiger charge is 2.17. The van der Waals surface area contributed by atoms with Gasteiger partial charge in [-0.15, -0.1) is 23.7 Å². The Labute approximate surface area is 107 Å². The third-order valence-corrected chi connectivity index (χ3v) is 3.73. The number of amides is 1. The smallest absolute Gasteiger partial charge is 0.263 e. The van der Waals surface area contributed by atoms with Gasteiger partial charge >= 0.3 is 0 Å². The van der Waals surface area contributed by atoms with E-state index in [0.717, 1.165) is 16.3 Å². The fourth-order valence-corrected chi connectivity index (χ4v) is 2.08. The van der Waals surface area contributed by atoms with Gasteiger partial charge in [-0.3, -0.25) is 4.79 Å². The minimum absolute atomic E-state index is 0. The highest BCUT2D eigenvalue weighted by molar-refractivity contribution is 7.17. The Morgan fingerprint density at radius 3 is 2.62 bits per heavy atom. The SMILES string of the molecule is CCC(C)N(C)C(=O)c1ccc(NC)s1.Cl. The molecule has 92 valence electrons. The highest BCUT2D eigenvalue weighted by atomic mass is 35.5. The molecule has 1 rings (SSSR count). The third kappa shape index (κ3) is 3.39. The summed E-state index contributed by atoms with van der Waals surface area (Å²) in [5, 5.41) is 4.06. The first kappa shape index (κ1) is 15.3. The monoisotopic (exact) mass is 262 g/mol. The molecular formula is C11H19ClN2OS. The predicted molar refractivity (Wildman–Crippen MR) is 73.0 cm³/mol. The lowest BCUT2D eigenvalue weighted by atomic mass is 10.2. The molecule has 0 aromatic carbocycles. The topological polar surface area (TPSA) is 32.3 Å². The fourth-order valence-electron chi connectivity index (χ4n) is 1.24. The summed E-state index contributed by atoms with van der Waals surface area (Å²) in [6.07, 6.45) is 0.979. The number of halogens is 1. The molecule has 1 aromatic rings. The minimum atomic E-state index is 0. The Morgan fingerprint density at radius 2 is 2.19 bits per heavy atom. The van der Waals surface area contributed by atoms with Crippen LogP contribution in [0.4, 0.5) is 5.00 Å². The van der Waals surface area contributed by atoms with Gasteiger partial charge in [0, 0.05) is 20.1 Å². The highest BCUT2D eigenvalue weighted by Crippen LogP contribution is 2.22. The number of thiophene rings is 1. The van der Waals surface area contributed by atoms with Crippen LogP contribution in [0, 0.1) is 0 Å².